The van der Waals surface area contributed by atoms with E-state index in [1.807, 2.05) is 17.0 Å². The van der Waals surface area contributed by atoms with Gasteiger partial charge in [-0.2, -0.15) is 0 Å². The van der Waals surface area contributed by atoms with Gasteiger partial charge in [-0.15, -0.1) is 0 Å². The zero-order valence-electron chi connectivity index (χ0n) is 9.53. The number of rotatable bonds is 3. The van der Waals surface area contributed by atoms with E-state index in [0.29, 0.717) is 30.9 Å². The Bertz CT molecular complexity index is 376. The molecule has 0 aromatic heterocycles. The van der Waals surface area contributed by atoms with Crippen LogP contribution in [0.3, 0.4) is 0 Å². The average molecular weight is 238 g/mol. The highest BCUT2D eigenvalue weighted by atomic mass is 16.3. The van der Waals surface area contributed by atoms with Crippen LogP contribution in [0.15, 0.2) is 24.3 Å². The lowest BCUT2D eigenvalue weighted by Gasteiger charge is -2.20. The largest absolute Gasteiger partial charge is 0.398 e. The second-order valence-corrected chi connectivity index (χ2v) is 4.50. The van der Waals surface area contributed by atoms with Gasteiger partial charge in [-0.05, 0) is 6.07 Å². The van der Waals surface area contributed by atoms with Crippen LogP contribution < -0.4 is 5.73 Å². The van der Waals surface area contributed by atoms with Crippen molar-refractivity contribution in [2.24, 2.45) is 0 Å². The van der Waals surface area contributed by atoms with Gasteiger partial charge in [0.2, 0.25) is 0 Å². The van der Waals surface area contributed by atoms with Crippen molar-refractivity contribution in [1.82, 2.24) is 4.90 Å². The van der Waals surface area contributed by atoms with Crippen LogP contribution in [0.1, 0.15) is 11.7 Å². The standard InChI is InChI=1S/C12H18N2O3/c13-9-4-2-1-3-8(9)10(15)5-14-6-11(16)12(17)7-14/h1-4,10-12,15-17H,5-7,13H2. The highest BCUT2D eigenvalue weighted by Gasteiger charge is 2.30. The minimum atomic E-state index is -0.727. The minimum Gasteiger partial charge on any atom is -0.398 e. The van der Waals surface area contributed by atoms with E-state index in [9.17, 15) is 15.3 Å². The Labute approximate surface area is 100 Å². The number of hydrogen-bond donors (Lipinski definition) is 4. The van der Waals surface area contributed by atoms with Crippen LogP contribution in [0.25, 0.3) is 0 Å². The normalized spacial score (nSPS) is 27.2. The summed E-state index contributed by atoms with van der Waals surface area (Å²) in [4.78, 5) is 1.83. The van der Waals surface area contributed by atoms with E-state index in [-0.39, 0.29) is 0 Å². The summed E-state index contributed by atoms with van der Waals surface area (Å²) in [7, 11) is 0. The zero-order valence-corrected chi connectivity index (χ0v) is 9.53. The van der Waals surface area contributed by atoms with Crippen molar-refractivity contribution in [3.63, 3.8) is 0 Å². The molecule has 94 valence electrons. The molecule has 0 saturated carbocycles. The van der Waals surface area contributed by atoms with Crippen LogP contribution in [0, 0.1) is 0 Å². The van der Waals surface area contributed by atoms with E-state index in [1.54, 1.807) is 12.1 Å². The van der Waals surface area contributed by atoms with Gasteiger partial charge in [0.05, 0.1) is 18.3 Å². The summed E-state index contributed by atoms with van der Waals surface area (Å²) in [6.07, 6.45) is -2.15. The van der Waals surface area contributed by atoms with E-state index in [4.69, 9.17) is 5.73 Å². The van der Waals surface area contributed by atoms with E-state index in [0.717, 1.165) is 0 Å². The first kappa shape index (κ1) is 12.3. The van der Waals surface area contributed by atoms with E-state index >= 15 is 0 Å². The Hall–Kier alpha value is -1.14. The number of aliphatic hydroxyl groups is 3. The van der Waals surface area contributed by atoms with Crippen LogP contribution in [0.5, 0.6) is 0 Å². The summed E-state index contributed by atoms with van der Waals surface area (Å²) in [5.74, 6) is 0. The Balaban J connectivity index is 1.98. The van der Waals surface area contributed by atoms with Gasteiger partial charge in [-0.25, -0.2) is 0 Å². The minimum absolute atomic E-state index is 0.363. The fourth-order valence-electron chi connectivity index (χ4n) is 2.15. The molecule has 2 rings (SSSR count). The van der Waals surface area contributed by atoms with Crippen molar-refractivity contribution in [1.29, 1.82) is 0 Å². The number of β-amino-alcohol motifs (C(OH)–C–C–N with tert-alkyl or cyclic N) is 3. The fourth-order valence-corrected chi connectivity index (χ4v) is 2.15. The van der Waals surface area contributed by atoms with Gasteiger partial charge >= 0.3 is 0 Å². The maximum absolute atomic E-state index is 10.0. The molecule has 0 amide bonds. The van der Waals surface area contributed by atoms with Crippen molar-refractivity contribution in [3.8, 4) is 0 Å². The van der Waals surface area contributed by atoms with Gasteiger partial charge < -0.3 is 21.1 Å². The van der Waals surface area contributed by atoms with Gasteiger partial charge in [-0.3, -0.25) is 4.90 Å². The molecule has 0 aliphatic carbocycles. The second kappa shape index (κ2) is 5.01. The molecular weight excluding hydrogens is 220 g/mol. The first-order valence-corrected chi connectivity index (χ1v) is 5.69. The Kier molecular flexibility index (Phi) is 3.63. The summed E-state index contributed by atoms with van der Waals surface area (Å²) in [6.45, 7) is 1.12. The molecule has 17 heavy (non-hydrogen) atoms. The van der Waals surface area contributed by atoms with Crippen molar-refractivity contribution in [3.05, 3.63) is 29.8 Å². The number of nitrogens with two attached hydrogens (primary N) is 1. The van der Waals surface area contributed by atoms with Crippen LogP contribution >= 0.6 is 0 Å². The molecule has 3 atom stereocenters. The fraction of sp³-hybridized carbons (Fsp3) is 0.500. The molecule has 1 aromatic rings. The summed E-state index contributed by atoms with van der Waals surface area (Å²) in [6, 6.07) is 7.16. The average Bonchev–Trinajstić information content (AvgIpc) is 2.58. The van der Waals surface area contributed by atoms with Crippen molar-refractivity contribution in [2.75, 3.05) is 25.4 Å². The van der Waals surface area contributed by atoms with Gasteiger partial charge in [0.25, 0.3) is 0 Å². The summed E-state index contributed by atoms with van der Waals surface area (Å²) >= 11 is 0. The van der Waals surface area contributed by atoms with Gasteiger partial charge in [0.1, 0.15) is 0 Å². The quantitative estimate of drug-likeness (QED) is 0.525. The molecular formula is C12H18N2O3. The predicted octanol–water partition coefficient (Wildman–Crippen LogP) is -0.660. The van der Waals surface area contributed by atoms with Crippen LogP contribution in [-0.2, 0) is 0 Å². The third-order valence-corrected chi connectivity index (χ3v) is 3.12. The van der Waals surface area contributed by atoms with E-state index in [2.05, 4.69) is 0 Å². The van der Waals surface area contributed by atoms with Crippen LogP contribution in [0.4, 0.5) is 5.69 Å². The van der Waals surface area contributed by atoms with Crippen molar-refractivity contribution < 1.29 is 15.3 Å². The van der Waals surface area contributed by atoms with Gasteiger partial charge in [0, 0.05) is 30.9 Å². The molecule has 1 aromatic carbocycles. The first-order valence-electron chi connectivity index (χ1n) is 5.69. The molecule has 0 radical (unpaired) electrons. The molecule has 5 heteroatoms. The molecule has 1 fully saturated rings. The molecule has 3 unspecified atom stereocenters. The molecule has 1 saturated heterocycles. The third kappa shape index (κ3) is 2.76. The van der Waals surface area contributed by atoms with Crippen molar-refractivity contribution >= 4 is 5.69 Å². The summed E-state index contributed by atoms with van der Waals surface area (Å²) < 4.78 is 0. The lowest BCUT2D eigenvalue weighted by atomic mass is 10.1. The van der Waals surface area contributed by atoms with Gasteiger partial charge in [-0.1, -0.05) is 18.2 Å². The number of nitrogens with zero attached hydrogens (tertiary/aromatic N) is 1. The smallest absolute Gasteiger partial charge is 0.0938 e. The first-order chi connectivity index (χ1) is 8.08. The topological polar surface area (TPSA) is 90.0 Å². The molecule has 0 spiro atoms. The number of aliphatic hydroxyl groups excluding tert-OH is 3. The summed E-state index contributed by atoms with van der Waals surface area (Å²) in [5, 5.41) is 28.9. The molecule has 1 aliphatic heterocycles. The Morgan fingerprint density at radius 2 is 1.82 bits per heavy atom. The van der Waals surface area contributed by atoms with Crippen LogP contribution in [0.2, 0.25) is 0 Å². The molecule has 5 N–H and O–H groups in total. The third-order valence-electron chi connectivity index (χ3n) is 3.12. The van der Waals surface area contributed by atoms with E-state index in [1.165, 1.54) is 0 Å². The Morgan fingerprint density at radius 3 is 2.41 bits per heavy atom. The predicted molar refractivity (Wildman–Crippen MR) is 64.3 cm³/mol. The lowest BCUT2D eigenvalue weighted by molar-refractivity contribution is 0.0572. The second-order valence-electron chi connectivity index (χ2n) is 4.50. The maximum atomic E-state index is 10.0. The van der Waals surface area contributed by atoms with E-state index < -0.39 is 18.3 Å². The number of anilines is 1. The monoisotopic (exact) mass is 238 g/mol. The number of likely N-dealkylation sites (tertiary alicyclic amines) is 1. The number of hydrogen-bond acceptors (Lipinski definition) is 5. The van der Waals surface area contributed by atoms with Crippen molar-refractivity contribution in [2.45, 2.75) is 18.3 Å². The highest BCUT2D eigenvalue weighted by Crippen LogP contribution is 2.22. The SMILES string of the molecule is Nc1ccccc1C(O)CN1CC(O)C(O)C1. The molecule has 0 bridgehead atoms. The molecule has 1 aliphatic rings. The van der Waals surface area contributed by atoms with Gasteiger partial charge in [0.15, 0.2) is 0 Å². The summed E-state index contributed by atoms with van der Waals surface area (Å²) in [5.41, 5.74) is 7.01. The molecule has 5 nitrogen and oxygen atoms in total. The molecule has 1 heterocycles. The number of benzene rings is 1. The number of nitrogen functional groups attached to an aromatic ring is 1. The zero-order chi connectivity index (χ0) is 12.4. The highest BCUT2D eigenvalue weighted by molar-refractivity contribution is 5.47. The maximum Gasteiger partial charge on any atom is 0.0938 e. The Morgan fingerprint density at radius 1 is 1.24 bits per heavy atom. The number of para-hydroxylation sites is 1. The lowest BCUT2D eigenvalue weighted by Crippen LogP contribution is -2.27. The van der Waals surface area contributed by atoms with Crippen LogP contribution in [-0.4, -0.2) is 52.1 Å².